The SMILES string of the molecule is CCOc1ccc(-c2nc(COC(=O)[C@@H]3C[C@H]3C)cs2)cc1OC. The molecule has 6 heteroatoms. The molecule has 1 aliphatic rings. The van der Waals surface area contributed by atoms with Gasteiger partial charge >= 0.3 is 5.97 Å². The highest BCUT2D eigenvalue weighted by molar-refractivity contribution is 7.13. The van der Waals surface area contributed by atoms with E-state index < -0.39 is 0 Å². The van der Waals surface area contributed by atoms with E-state index in [1.54, 1.807) is 7.11 Å². The predicted octanol–water partition coefficient (Wildman–Crippen LogP) is 3.92. The van der Waals surface area contributed by atoms with Gasteiger partial charge in [0.25, 0.3) is 0 Å². The van der Waals surface area contributed by atoms with E-state index in [4.69, 9.17) is 14.2 Å². The summed E-state index contributed by atoms with van der Waals surface area (Å²) in [5.74, 6) is 1.83. The van der Waals surface area contributed by atoms with Gasteiger partial charge in [0.05, 0.1) is 25.3 Å². The van der Waals surface area contributed by atoms with E-state index in [2.05, 4.69) is 11.9 Å². The van der Waals surface area contributed by atoms with Crippen LogP contribution in [-0.2, 0) is 16.1 Å². The molecule has 24 heavy (non-hydrogen) atoms. The number of carbonyl (C=O) groups excluding carboxylic acids is 1. The number of ether oxygens (including phenoxy) is 3. The zero-order valence-corrected chi connectivity index (χ0v) is 14.9. The number of aromatic nitrogens is 1. The second kappa shape index (κ2) is 7.21. The van der Waals surface area contributed by atoms with Gasteiger partial charge in [0.15, 0.2) is 11.5 Å². The van der Waals surface area contributed by atoms with Crippen LogP contribution in [0.2, 0.25) is 0 Å². The fourth-order valence-electron chi connectivity index (χ4n) is 2.48. The molecule has 1 fully saturated rings. The molecule has 0 amide bonds. The van der Waals surface area contributed by atoms with E-state index in [-0.39, 0.29) is 18.5 Å². The van der Waals surface area contributed by atoms with Crippen LogP contribution in [-0.4, -0.2) is 24.7 Å². The molecule has 1 heterocycles. The summed E-state index contributed by atoms with van der Waals surface area (Å²) in [7, 11) is 1.62. The molecule has 128 valence electrons. The molecule has 5 nitrogen and oxygen atoms in total. The number of hydrogen-bond donors (Lipinski definition) is 0. The molecule has 0 aliphatic heterocycles. The first-order valence-corrected chi connectivity index (χ1v) is 8.92. The lowest BCUT2D eigenvalue weighted by Crippen LogP contribution is -2.07. The third-order valence-electron chi connectivity index (χ3n) is 4.04. The molecule has 0 saturated heterocycles. The molecule has 1 aromatic heterocycles. The second-order valence-electron chi connectivity index (χ2n) is 5.87. The maximum Gasteiger partial charge on any atom is 0.309 e. The van der Waals surface area contributed by atoms with Crippen LogP contribution in [0.25, 0.3) is 10.6 Å². The molecule has 2 aromatic rings. The maximum atomic E-state index is 11.8. The largest absolute Gasteiger partial charge is 0.493 e. The Balaban J connectivity index is 1.67. The van der Waals surface area contributed by atoms with Crippen molar-refractivity contribution in [1.82, 2.24) is 4.98 Å². The Bertz CT molecular complexity index is 728. The van der Waals surface area contributed by atoms with Crippen molar-refractivity contribution in [2.24, 2.45) is 11.8 Å². The van der Waals surface area contributed by atoms with Gasteiger partial charge in [-0.25, -0.2) is 4.98 Å². The maximum absolute atomic E-state index is 11.8. The fraction of sp³-hybridized carbons (Fsp3) is 0.444. The Morgan fingerprint density at radius 3 is 2.83 bits per heavy atom. The van der Waals surface area contributed by atoms with Gasteiger partial charge in [0.1, 0.15) is 11.6 Å². The smallest absolute Gasteiger partial charge is 0.309 e. The molecule has 0 spiro atoms. The highest BCUT2D eigenvalue weighted by Gasteiger charge is 2.40. The van der Waals surface area contributed by atoms with Crippen LogP contribution in [0.4, 0.5) is 0 Å². The Kier molecular flexibility index (Phi) is 5.04. The lowest BCUT2D eigenvalue weighted by Gasteiger charge is -2.09. The van der Waals surface area contributed by atoms with Crippen molar-refractivity contribution in [3.8, 4) is 22.1 Å². The number of benzene rings is 1. The van der Waals surface area contributed by atoms with Crippen molar-refractivity contribution in [3.63, 3.8) is 0 Å². The van der Waals surface area contributed by atoms with E-state index in [0.717, 1.165) is 22.7 Å². The van der Waals surface area contributed by atoms with Crippen LogP contribution in [0.1, 0.15) is 26.0 Å². The molecule has 3 rings (SSSR count). The zero-order valence-electron chi connectivity index (χ0n) is 14.1. The number of carbonyl (C=O) groups is 1. The summed E-state index contributed by atoms with van der Waals surface area (Å²) in [5.41, 5.74) is 1.72. The molecule has 1 aromatic carbocycles. The molecular formula is C18H21NO4S. The quantitative estimate of drug-likeness (QED) is 0.711. The number of nitrogens with zero attached hydrogens (tertiary/aromatic N) is 1. The summed E-state index contributed by atoms with van der Waals surface area (Å²) in [6, 6.07) is 5.74. The van der Waals surface area contributed by atoms with Gasteiger partial charge in [-0.1, -0.05) is 6.92 Å². The molecule has 2 atom stereocenters. The van der Waals surface area contributed by atoms with Crippen LogP contribution < -0.4 is 9.47 Å². The van der Waals surface area contributed by atoms with Crippen molar-refractivity contribution in [2.75, 3.05) is 13.7 Å². The van der Waals surface area contributed by atoms with Crippen molar-refractivity contribution >= 4 is 17.3 Å². The summed E-state index contributed by atoms with van der Waals surface area (Å²) < 4.78 is 16.2. The Labute approximate surface area is 145 Å². The molecule has 0 radical (unpaired) electrons. The lowest BCUT2D eigenvalue weighted by molar-refractivity contribution is -0.146. The summed E-state index contributed by atoms with van der Waals surface area (Å²) in [6.45, 7) is 4.81. The minimum Gasteiger partial charge on any atom is -0.493 e. The Morgan fingerprint density at radius 2 is 2.17 bits per heavy atom. The van der Waals surface area contributed by atoms with Gasteiger partial charge in [-0.2, -0.15) is 0 Å². The minimum absolute atomic E-state index is 0.0819. The third-order valence-corrected chi connectivity index (χ3v) is 4.98. The number of hydrogen-bond acceptors (Lipinski definition) is 6. The molecule has 0 N–H and O–H groups in total. The summed E-state index contributed by atoms with van der Waals surface area (Å²) in [4.78, 5) is 16.3. The average molecular weight is 347 g/mol. The lowest BCUT2D eigenvalue weighted by atomic mass is 10.2. The Morgan fingerprint density at radius 1 is 1.38 bits per heavy atom. The van der Waals surface area contributed by atoms with Crippen molar-refractivity contribution < 1.29 is 19.0 Å². The van der Waals surface area contributed by atoms with Gasteiger partial charge in [0.2, 0.25) is 0 Å². The first kappa shape index (κ1) is 16.8. The van der Waals surface area contributed by atoms with E-state index in [1.807, 2.05) is 30.5 Å². The highest BCUT2D eigenvalue weighted by atomic mass is 32.1. The Hall–Kier alpha value is -2.08. The van der Waals surface area contributed by atoms with Crippen LogP contribution in [0.3, 0.4) is 0 Å². The summed E-state index contributed by atoms with van der Waals surface area (Å²) >= 11 is 1.52. The van der Waals surface area contributed by atoms with Crippen LogP contribution in [0, 0.1) is 11.8 Å². The molecule has 0 bridgehead atoms. The van der Waals surface area contributed by atoms with Crippen molar-refractivity contribution in [1.29, 1.82) is 0 Å². The van der Waals surface area contributed by atoms with E-state index in [0.29, 0.717) is 24.0 Å². The molecule has 1 saturated carbocycles. The predicted molar refractivity (Wildman–Crippen MR) is 92.3 cm³/mol. The van der Waals surface area contributed by atoms with Gasteiger partial charge in [-0.15, -0.1) is 11.3 Å². The van der Waals surface area contributed by atoms with Crippen LogP contribution in [0.15, 0.2) is 23.6 Å². The normalized spacial score (nSPS) is 19.0. The van der Waals surface area contributed by atoms with Gasteiger partial charge < -0.3 is 14.2 Å². The standard InChI is InChI=1S/C18H21NO4S/c1-4-22-15-6-5-12(8-16(15)21-3)17-19-13(10-24-17)9-23-18(20)14-7-11(14)2/h5-6,8,10-11,14H,4,7,9H2,1-3H3/t11-,14-/m1/s1. The molecule has 1 aliphatic carbocycles. The second-order valence-corrected chi connectivity index (χ2v) is 6.73. The number of thiazole rings is 1. The number of esters is 1. The van der Waals surface area contributed by atoms with Gasteiger partial charge in [-0.3, -0.25) is 4.79 Å². The first-order valence-electron chi connectivity index (χ1n) is 8.04. The third kappa shape index (κ3) is 3.70. The number of rotatable bonds is 7. The molecule has 0 unspecified atom stereocenters. The van der Waals surface area contributed by atoms with E-state index in [1.165, 1.54) is 11.3 Å². The van der Waals surface area contributed by atoms with Crippen LogP contribution in [0.5, 0.6) is 11.5 Å². The average Bonchev–Trinajstić information content (AvgIpc) is 3.14. The highest BCUT2D eigenvalue weighted by Crippen LogP contribution is 2.39. The van der Waals surface area contributed by atoms with Gasteiger partial charge in [-0.05, 0) is 37.5 Å². The molecular weight excluding hydrogens is 326 g/mol. The number of methoxy groups -OCH3 is 1. The van der Waals surface area contributed by atoms with E-state index in [9.17, 15) is 4.79 Å². The van der Waals surface area contributed by atoms with E-state index >= 15 is 0 Å². The monoisotopic (exact) mass is 347 g/mol. The summed E-state index contributed by atoms with van der Waals surface area (Å²) in [6.07, 6.45) is 0.938. The van der Waals surface area contributed by atoms with Crippen molar-refractivity contribution in [2.45, 2.75) is 26.9 Å². The van der Waals surface area contributed by atoms with Gasteiger partial charge in [0, 0.05) is 10.9 Å². The fourth-order valence-corrected chi connectivity index (χ4v) is 3.29. The van der Waals surface area contributed by atoms with Crippen LogP contribution >= 0.6 is 11.3 Å². The topological polar surface area (TPSA) is 57.7 Å². The van der Waals surface area contributed by atoms with Crippen molar-refractivity contribution in [3.05, 3.63) is 29.3 Å². The minimum atomic E-state index is -0.111. The summed E-state index contributed by atoms with van der Waals surface area (Å²) in [5, 5.41) is 2.78. The zero-order chi connectivity index (χ0) is 17.1. The first-order chi connectivity index (χ1) is 11.6.